The predicted molar refractivity (Wildman–Crippen MR) is 83.9 cm³/mol. The van der Waals surface area contributed by atoms with Gasteiger partial charge in [-0.1, -0.05) is 50.9 Å². The summed E-state index contributed by atoms with van der Waals surface area (Å²) in [5.41, 5.74) is -0.548. The topological polar surface area (TPSA) is 29.1 Å². The molecule has 1 rings (SSSR count). The van der Waals surface area contributed by atoms with E-state index in [1.54, 1.807) is 0 Å². The molecule has 0 aliphatic heterocycles. The molecule has 1 aromatic rings. The van der Waals surface area contributed by atoms with Gasteiger partial charge in [-0.3, -0.25) is 4.79 Å². The highest BCUT2D eigenvalue weighted by Crippen LogP contribution is 2.29. The smallest absolute Gasteiger partial charge is 0.349 e. The highest BCUT2D eigenvalue weighted by molar-refractivity contribution is 9.09. The van der Waals surface area contributed by atoms with Crippen molar-refractivity contribution in [1.29, 1.82) is 0 Å². The molecule has 0 atom stereocenters. The average molecular weight is 431 g/mol. The van der Waals surface area contributed by atoms with Crippen molar-refractivity contribution < 1.29 is 18.0 Å². The predicted octanol–water partition coefficient (Wildman–Crippen LogP) is 4.30. The molecule has 0 radical (unpaired) electrons. The van der Waals surface area contributed by atoms with Gasteiger partial charge in [-0.15, -0.1) is 0 Å². The van der Waals surface area contributed by atoms with Gasteiger partial charge in [0.25, 0.3) is 0 Å². The molecule has 1 N–H and O–H groups in total. The Bertz CT molecular complexity index is 462. The third-order valence-corrected chi connectivity index (χ3v) is 5.39. The van der Waals surface area contributed by atoms with Gasteiger partial charge in [0, 0.05) is 10.7 Å². The fraction of sp³-hybridized carbons (Fsp3) is 0.500. The Morgan fingerprint density at radius 3 is 2.05 bits per heavy atom. The van der Waals surface area contributed by atoms with Crippen LogP contribution in [-0.4, -0.2) is 22.1 Å². The van der Waals surface area contributed by atoms with Crippen molar-refractivity contribution in [1.82, 2.24) is 5.32 Å². The SMILES string of the molecule is CCC(CBr)(CBr)NC(=O)Cc1ccc(C(F)(F)F)cc1. The van der Waals surface area contributed by atoms with Crippen molar-refractivity contribution in [3.63, 3.8) is 0 Å². The molecule has 0 heterocycles. The first-order valence-corrected chi connectivity index (χ1v) is 8.59. The van der Waals surface area contributed by atoms with E-state index in [9.17, 15) is 18.0 Å². The van der Waals surface area contributed by atoms with Crippen molar-refractivity contribution in [3.8, 4) is 0 Å². The van der Waals surface area contributed by atoms with E-state index in [2.05, 4.69) is 37.2 Å². The summed E-state index contributed by atoms with van der Waals surface area (Å²) in [7, 11) is 0. The molecule has 0 spiro atoms. The van der Waals surface area contributed by atoms with Crippen molar-refractivity contribution >= 4 is 37.8 Å². The van der Waals surface area contributed by atoms with E-state index in [1.165, 1.54) is 12.1 Å². The molecular formula is C14H16Br2F3NO. The maximum atomic E-state index is 12.5. The zero-order chi connectivity index (χ0) is 16.1. The molecule has 0 saturated heterocycles. The minimum atomic E-state index is -4.36. The highest BCUT2D eigenvalue weighted by atomic mass is 79.9. The standard InChI is InChI=1S/C14H16Br2F3NO/c1-2-13(8-15,9-16)20-12(21)7-10-3-5-11(6-4-10)14(17,18)19/h3-6H,2,7-9H2,1H3,(H,20,21). The molecule has 0 aromatic heterocycles. The maximum absolute atomic E-state index is 12.5. The van der Waals surface area contributed by atoms with Gasteiger partial charge in [0.1, 0.15) is 0 Å². The monoisotopic (exact) mass is 429 g/mol. The fourth-order valence-corrected chi connectivity index (χ4v) is 3.72. The second kappa shape index (κ2) is 7.63. The summed E-state index contributed by atoms with van der Waals surface area (Å²) in [4.78, 5) is 12.0. The minimum Gasteiger partial charge on any atom is -0.349 e. The highest BCUT2D eigenvalue weighted by Gasteiger charge is 2.30. The Balaban J connectivity index is 2.71. The van der Waals surface area contributed by atoms with Gasteiger partial charge >= 0.3 is 6.18 Å². The molecule has 0 fully saturated rings. The number of amides is 1. The van der Waals surface area contributed by atoms with E-state index >= 15 is 0 Å². The number of alkyl halides is 5. The summed E-state index contributed by atoms with van der Waals surface area (Å²) in [6, 6.07) is 4.64. The molecule has 21 heavy (non-hydrogen) atoms. The Morgan fingerprint density at radius 2 is 1.67 bits per heavy atom. The number of nitrogens with one attached hydrogen (secondary N) is 1. The van der Waals surface area contributed by atoms with Gasteiger partial charge in [-0.05, 0) is 24.1 Å². The zero-order valence-electron chi connectivity index (χ0n) is 11.4. The second-order valence-electron chi connectivity index (χ2n) is 4.82. The first-order valence-electron chi connectivity index (χ1n) is 6.35. The number of rotatable bonds is 6. The quantitative estimate of drug-likeness (QED) is 0.669. The van der Waals surface area contributed by atoms with E-state index < -0.39 is 11.7 Å². The molecule has 7 heteroatoms. The van der Waals surface area contributed by atoms with Crippen LogP contribution in [0.5, 0.6) is 0 Å². The summed E-state index contributed by atoms with van der Waals surface area (Å²) < 4.78 is 37.4. The normalized spacial score (nSPS) is 12.3. The number of carbonyl (C=O) groups excluding carboxylic acids is 1. The van der Waals surface area contributed by atoms with Gasteiger partial charge in [0.2, 0.25) is 5.91 Å². The third kappa shape index (κ3) is 5.29. The number of carbonyl (C=O) groups is 1. The lowest BCUT2D eigenvalue weighted by atomic mass is 10.0. The van der Waals surface area contributed by atoms with E-state index in [0.29, 0.717) is 16.2 Å². The molecule has 1 amide bonds. The number of halogens is 5. The molecular weight excluding hydrogens is 415 g/mol. The largest absolute Gasteiger partial charge is 0.416 e. The second-order valence-corrected chi connectivity index (χ2v) is 5.94. The minimum absolute atomic E-state index is 0.0554. The lowest BCUT2D eigenvalue weighted by Crippen LogP contribution is -2.51. The van der Waals surface area contributed by atoms with Gasteiger partial charge in [0.05, 0.1) is 17.5 Å². The lowest BCUT2D eigenvalue weighted by Gasteiger charge is -2.30. The Hall–Kier alpha value is -0.560. The van der Waals surface area contributed by atoms with E-state index in [4.69, 9.17) is 0 Å². The summed E-state index contributed by atoms with van der Waals surface area (Å²) in [5, 5.41) is 4.11. The van der Waals surface area contributed by atoms with E-state index in [0.717, 1.165) is 18.6 Å². The molecule has 2 nitrogen and oxygen atoms in total. The van der Waals surface area contributed by atoms with Crippen LogP contribution in [-0.2, 0) is 17.4 Å². The molecule has 118 valence electrons. The van der Waals surface area contributed by atoms with Gasteiger partial charge in [-0.2, -0.15) is 13.2 Å². The first kappa shape index (κ1) is 18.5. The third-order valence-electron chi connectivity index (χ3n) is 3.24. The molecule has 1 aromatic carbocycles. The first-order chi connectivity index (χ1) is 9.76. The van der Waals surface area contributed by atoms with E-state index in [-0.39, 0.29) is 17.9 Å². The van der Waals surface area contributed by atoms with Crippen LogP contribution >= 0.6 is 31.9 Å². The van der Waals surface area contributed by atoms with Crippen LogP contribution in [0.1, 0.15) is 24.5 Å². The molecule has 0 aliphatic rings. The molecule has 0 saturated carbocycles. The van der Waals surface area contributed by atoms with Gasteiger partial charge in [-0.25, -0.2) is 0 Å². The fourth-order valence-electron chi connectivity index (χ4n) is 1.72. The van der Waals surface area contributed by atoms with Crippen LogP contribution in [0.3, 0.4) is 0 Å². The maximum Gasteiger partial charge on any atom is 0.416 e. The number of hydrogen-bond acceptors (Lipinski definition) is 1. The Morgan fingerprint density at radius 1 is 1.14 bits per heavy atom. The number of hydrogen-bond donors (Lipinski definition) is 1. The van der Waals surface area contributed by atoms with Crippen LogP contribution in [0, 0.1) is 0 Å². The van der Waals surface area contributed by atoms with Crippen LogP contribution in [0.15, 0.2) is 24.3 Å². The summed E-state index contributed by atoms with van der Waals surface area (Å²) >= 11 is 6.74. The van der Waals surface area contributed by atoms with Gasteiger partial charge in [0.15, 0.2) is 0 Å². The Labute approximate surface area is 138 Å². The van der Waals surface area contributed by atoms with Crippen molar-refractivity contribution in [2.24, 2.45) is 0 Å². The Kier molecular flexibility index (Phi) is 6.71. The van der Waals surface area contributed by atoms with E-state index in [1.807, 2.05) is 6.92 Å². The summed E-state index contributed by atoms with van der Waals surface area (Å²) in [6.07, 6.45) is -3.56. The van der Waals surface area contributed by atoms with Crippen molar-refractivity contribution in [2.75, 3.05) is 10.7 Å². The molecule has 0 aliphatic carbocycles. The number of benzene rings is 1. The summed E-state index contributed by atoms with van der Waals surface area (Å²) in [5.74, 6) is -0.212. The average Bonchev–Trinajstić information content (AvgIpc) is 2.44. The van der Waals surface area contributed by atoms with Crippen molar-refractivity contribution in [3.05, 3.63) is 35.4 Å². The summed E-state index contributed by atoms with van der Waals surface area (Å²) in [6.45, 7) is 1.96. The lowest BCUT2D eigenvalue weighted by molar-refractivity contribution is -0.137. The van der Waals surface area contributed by atoms with Crippen LogP contribution in [0.4, 0.5) is 13.2 Å². The van der Waals surface area contributed by atoms with Crippen LogP contribution < -0.4 is 5.32 Å². The molecule has 0 unspecified atom stereocenters. The zero-order valence-corrected chi connectivity index (χ0v) is 14.6. The molecule has 0 bridgehead atoms. The van der Waals surface area contributed by atoms with Crippen LogP contribution in [0.25, 0.3) is 0 Å². The van der Waals surface area contributed by atoms with Gasteiger partial charge < -0.3 is 5.32 Å². The van der Waals surface area contributed by atoms with Crippen LogP contribution in [0.2, 0.25) is 0 Å². The van der Waals surface area contributed by atoms with Crippen molar-refractivity contribution in [2.45, 2.75) is 31.5 Å².